The Morgan fingerprint density at radius 2 is 1.94 bits per heavy atom. The zero-order chi connectivity index (χ0) is 13.0. The molecule has 18 heavy (non-hydrogen) atoms. The molecule has 0 saturated heterocycles. The maximum absolute atomic E-state index is 9.65. The Bertz CT molecular complexity index is 506. The number of ether oxygens (including phenoxy) is 1. The van der Waals surface area contributed by atoms with E-state index in [1.54, 1.807) is 6.92 Å². The Kier molecular flexibility index (Phi) is 3.87. The number of nitrogens with zero attached hydrogens (tertiary/aromatic N) is 2. The number of aromatic hydroxyl groups is 1. The molecule has 2 rings (SSSR count). The van der Waals surface area contributed by atoms with Gasteiger partial charge in [0, 0.05) is 13.0 Å². The molecule has 4 heteroatoms. The fourth-order valence-corrected chi connectivity index (χ4v) is 1.83. The molecule has 2 aromatic rings. The van der Waals surface area contributed by atoms with E-state index in [1.165, 1.54) is 0 Å². The van der Waals surface area contributed by atoms with Crippen LogP contribution in [-0.2, 0) is 6.54 Å². The van der Waals surface area contributed by atoms with Crippen molar-refractivity contribution in [2.75, 3.05) is 6.61 Å². The maximum Gasteiger partial charge on any atom is 0.159 e. The van der Waals surface area contributed by atoms with Crippen LogP contribution in [0.1, 0.15) is 17.8 Å². The standard InChI is InChI=1S/C14H18N2O2/c1-11-14(17)12(2)16(15-11)9-6-10-18-13-7-4-3-5-8-13/h3-5,7-8,17H,6,9-10H2,1-2H3. The van der Waals surface area contributed by atoms with Gasteiger partial charge < -0.3 is 9.84 Å². The van der Waals surface area contributed by atoms with Crippen LogP contribution in [0.5, 0.6) is 11.5 Å². The first-order valence-electron chi connectivity index (χ1n) is 6.09. The monoisotopic (exact) mass is 246 g/mol. The summed E-state index contributed by atoms with van der Waals surface area (Å²) in [5, 5.41) is 13.9. The van der Waals surface area contributed by atoms with E-state index in [0.717, 1.165) is 24.4 Å². The van der Waals surface area contributed by atoms with E-state index in [4.69, 9.17) is 4.74 Å². The van der Waals surface area contributed by atoms with E-state index in [9.17, 15) is 5.11 Å². The number of hydrogen-bond donors (Lipinski definition) is 1. The lowest BCUT2D eigenvalue weighted by molar-refractivity contribution is 0.297. The van der Waals surface area contributed by atoms with Crippen LogP contribution in [0.3, 0.4) is 0 Å². The molecular formula is C14H18N2O2. The van der Waals surface area contributed by atoms with Gasteiger partial charge in [0.1, 0.15) is 11.4 Å². The summed E-state index contributed by atoms with van der Waals surface area (Å²) in [5.74, 6) is 1.17. The molecule has 0 aliphatic rings. The van der Waals surface area contributed by atoms with Gasteiger partial charge in [-0.25, -0.2) is 0 Å². The minimum Gasteiger partial charge on any atom is -0.504 e. The summed E-state index contributed by atoms with van der Waals surface area (Å²) in [6.45, 7) is 5.07. The average molecular weight is 246 g/mol. The van der Waals surface area contributed by atoms with Crippen molar-refractivity contribution in [3.63, 3.8) is 0 Å². The lowest BCUT2D eigenvalue weighted by atomic mass is 10.3. The van der Waals surface area contributed by atoms with E-state index in [0.29, 0.717) is 18.1 Å². The molecule has 0 amide bonds. The van der Waals surface area contributed by atoms with Crippen molar-refractivity contribution in [3.05, 3.63) is 41.7 Å². The first kappa shape index (κ1) is 12.5. The van der Waals surface area contributed by atoms with Crippen LogP contribution in [-0.4, -0.2) is 21.5 Å². The Morgan fingerprint density at radius 1 is 1.22 bits per heavy atom. The molecule has 0 fully saturated rings. The summed E-state index contributed by atoms with van der Waals surface area (Å²) >= 11 is 0. The highest BCUT2D eigenvalue weighted by Crippen LogP contribution is 2.20. The smallest absolute Gasteiger partial charge is 0.159 e. The highest BCUT2D eigenvalue weighted by Gasteiger charge is 2.08. The first-order chi connectivity index (χ1) is 8.68. The number of aromatic nitrogens is 2. The van der Waals surface area contributed by atoms with Gasteiger partial charge >= 0.3 is 0 Å². The molecule has 1 N–H and O–H groups in total. The summed E-state index contributed by atoms with van der Waals surface area (Å²) in [6, 6.07) is 9.75. The molecule has 0 aliphatic carbocycles. The second-order valence-corrected chi connectivity index (χ2v) is 4.26. The van der Waals surface area contributed by atoms with Gasteiger partial charge in [-0.2, -0.15) is 5.10 Å². The van der Waals surface area contributed by atoms with E-state index in [1.807, 2.05) is 41.9 Å². The number of aryl methyl sites for hydroxylation is 2. The topological polar surface area (TPSA) is 47.3 Å². The van der Waals surface area contributed by atoms with Gasteiger partial charge in [-0.05, 0) is 26.0 Å². The van der Waals surface area contributed by atoms with Crippen LogP contribution in [0.25, 0.3) is 0 Å². The molecule has 0 bridgehead atoms. The molecule has 0 saturated carbocycles. The normalized spacial score (nSPS) is 10.6. The molecule has 0 aliphatic heterocycles. The van der Waals surface area contributed by atoms with Crippen LogP contribution >= 0.6 is 0 Å². The van der Waals surface area contributed by atoms with E-state index in [2.05, 4.69) is 5.10 Å². The third-order valence-electron chi connectivity index (χ3n) is 2.87. The molecule has 0 unspecified atom stereocenters. The predicted molar refractivity (Wildman–Crippen MR) is 69.9 cm³/mol. The zero-order valence-electron chi connectivity index (χ0n) is 10.8. The Morgan fingerprint density at radius 3 is 2.56 bits per heavy atom. The highest BCUT2D eigenvalue weighted by molar-refractivity contribution is 5.29. The SMILES string of the molecule is Cc1nn(CCCOc2ccccc2)c(C)c1O. The first-order valence-corrected chi connectivity index (χ1v) is 6.09. The minimum absolute atomic E-state index is 0.291. The molecule has 1 heterocycles. The van der Waals surface area contributed by atoms with Gasteiger partial charge in [-0.15, -0.1) is 0 Å². The van der Waals surface area contributed by atoms with Crippen molar-refractivity contribution in [2.24, 2.45) is 0 Å². The van der Waals surface area contributed by atoms with E-state index in [-0.39, 0.29) is 0 Å². The zero-order valence-corrected chi connectivity index (χ0v) is 10.8. The predicted octanol–water partition coefficient (Wildman–Crippen LogP) is 2.67. The summed E-state index contributed by atoms with van der Waals surface area (Å²) in [4.78, 5) is 0. The van der Waals surface area contributed by atoms with Crippen LogP contribution in [0.2, 0.25) is 0 Å². The van der Waals surface area contributed by atoms with Crippen LogP contribution in [0.15, 0.2) is 30.3 Å². The number of hydrogen-bond acceptors (Lipinski definition) is 3. The molecule has 4 nitrogen and oxygen atoms in total. The average Bonchev–Trinajstić information content (AvgIpc) is 2.64. The molecule has 0 atom stereocenters. The van der Waals surface area contributed by atoms with Crippen molar-refractivity contribution < 1.29 is 9.84 Å². The summed E-state index contributed by atoms with van der Waals surface area (Å²) in [6.07, 6.45) is 0.857. The third-order valence-corrected chi connectivity index (χ3v) is 2.87. The fourth-order valence-electron chi connectivity index (χ4n) is 1.83. The highest BCUT2D eigenvalue weighted by atomic mass is 16.5. The van der Waals surface area contributed by atoms with Gasteiger partial charge in [0.2, 0.25) is 0 Å². The maximum atomic E-state index is 9.65. The van der Waals surface area contributed by atoms with Gasteiger partial charge in [0.05, 0.1) is 12.3 Å². The number of rotatable bonds is 5. The largest absolute Gasteiger partial charge is 0.504 e. The van der Waals surface area contributed by atoms with Crippen molar-refractivity contribution in [1.29, 1.82) is 0 Å². The van der Waals surface area contributed by atoms with E-state index < -0.39 is 0 Å². The van der Waals surface area contributed by atoms with Crippen LogP contribution in [0, 0.1) is 13.8 Å². The van der Waals surface area contributed by atoms with Crippen molar-refractivity contribution >= 4 is 0 Å². The molecular weight excluding hydrogens is 228 g/mol. The lowest BCUT2D eigenvalue weighted by Crippen LogP contribution is -2.07. The minimum atomic E-state index is 0.291. The van der Waals surface area contributed by atoms with E-state index >= 15 is 0 Å². The van der Waals surface area contributed by atoms with Gasteiger partial charge in [-0.1, -0.05) is 18.2 Å². The van der Waals surface area contributed by atoms with Gasteiger partial charge in [-0.3, -0.25) is 4.68 Å². The molecule has 1 aromatic heterocycles. The summed E-state index contributed by atoms with van der Waals surface area (Å²) in [5.41, 5.74) is 1.49. The number of benzene rings is 1. The molecule has 0 spiro atoms. The van der Waals surface area contributed by atoms with Crippen molar-refractivity contribution in [3.8, 4) is 11.5 Å². The van der Waals surface area contributed by atoms with Crippen molar-refractivity contribution in [2.45, 2.75) is 26.8 Å². The molecule has 96 valence electrons. The quantitative estimate of drug-likeness (QED) is 0.825. The van der Waals surface area contributed by atoms with Crippen LogP contribution < -0.4 is 4.74 Å². The lowest BCUT2D eigenvalue weighted by Gasteiger charge is -2.07. The van der Waals surface area contributed by atoms with Crippen molar-refractivity contribution in [1.82, 2.24) is 9.78 Å². The Labute approximate surface area is 107 Å². The van der Waals surface area contributed by atoms with Gasteiger partial charge in [0.15, 0.2) is 5.75 Å². The molecule has 1 aromatic carbocycles. The number of para-hydroxylation sites is 1. The molecule has 0 radical (unpaired) electrons. The third kappa shape index (κ3) is 2.83. The Hall–Kier alpha value is -1.97. The Balaban J connectivity index is 1.80. The summed E-state index contributed by atoms with van der Waals surface area (Å²) in [7, 11) is 0. The summed E-state index contributed by atoms with van der Waals surface area (Å²) < 4.78 is 7.42. The van der Waals surface area contributed by atoms with Crippen LogP contribution in [0.4, 0.5) is 0 Å². The second-order valence-electron chi connectivity index (χ2n) is 4.26. The van der Waals surface area contributed by atoms with Gasteiger partial charge in [0.25, 0.3) is 0 Å². The second kappa shape index (κ2) is 5.58. The fraction of sp³-hybridized carbons (Fsp3) is 0.357.